The van der Waals surface area contributed by atoms with Crippen LogP contribution in [0.3, 0.4) is 0 Å². The second kappa shape index (κ2) is 6.30. The molecular weight excluding hydrogens is 297 g/mol. The Bertz CT molecular complexity index is 682. The molecule has 1 aromatic carbocycles. The third-order valence-corrected chi connectivity index (χ3v) is 2.57. The lowest BCUT2D eigenvalue weighted by atomic mass is 10.3. The number of hydrogen-bond donors (Lipinski definition) is 1. The van der Waals surface area contributed by atoms with Crippen molar-refractivity contribution in [2.75, 3.05) is 5.32 Å². The molecule has 2 rings (SSSR count). The van der Waals surface area contributed by atoms with Crippen LogP contribution in [0.5, 0.6) is 11.6 Å². The predicted molar refractivity (Wildman–Crippen MR) is 74.6 cm³/mol. The van der Waals surface area contributed by atoms with Gasteiger partial charge in [0.1, 0.15) is 5.75 Å². The molecule has 0 aliphatic heterocycles. The first kappa shape index (κ1) is 15.6. The maximum atomic E-state index is 12.4. The van der Waals surface area contributed by atoms with Crippen molar-refractivity contribution < 1.29 is 22.7 Å². The molecule has 1 amide bonds. The lowest BCUT2D eigenvalue weighted by molar-refractivity contribution is -0.137. The van der Waals surface area contributed by atoms with Gasteiger partial charge >= 0.3 is 6.18 Å². The SMILES string of the molecule is C=CC(=O)Nc1cccc(Oc2ccc(C(F)(F)F)cn2)c1. The molecule has 22 heavy (non-hydrogen) atoms. The Balaban J connectivity index is 2.12. The quantitative estimate of drug-likeness (QED) is 0.868. The van der Waals surface area contributed by atoms with Crippen LogP contribution in [-0.4, -0.2) is 10.9 Å². The van der Waals surface area contributed by atoms with E-state index in [2.05, 4.69) is 16.9 Å². The number of halogens is 3. The summed E-state index contributed by atoms with van der Waals surface area (Å²) in [5.74, 6) is -0.0425. The summed E-state index contributed by atoms with van der Waals surface area (Å²) in [6.07, 6.45) is -2.63. The molecule has 1 heterocycles. The molecule has 2 aromatic rings. The van der Waals surface area contributed by atoms with Crippen LogP contribution in [0.2, 0.25) is 0 Å². The van der Waals surface area contributed by atoms with E-state index < -0.39 is 11.7 Å². The van der Waals surface area contributed by atoms with E-state index in [-0.39, 0.29) is 11.8 Å². The molecule has 0 fully saturated rings. The van der Waals surface area contributed by atoms with Gasteiger partial charge in [0.05, 0.1) is 5.56 Å². The minimum atomic E-state index is -4.44. The van der Waals surface area contributed by atoms with E-state index in [1.807, 2.05) is 0 Å². The first-order valence-electron chi connectivity index (χ1n) is 6.13. The van der Waals surface area contributed by atoms with Crippen molar-refractivity contribution >= 4 is 11.6 Å². The molecule has 0 aliphatic rings. The van der Waals surface area contributed by atoms with E-state index in [4.69, 9.17) is 4.74 Å². The summed E-state index contributed by atoms with van der Waals surface area (Å²) < 4.78 is 42.6. The zero-order valence-corrected chi connectivity index (χ0v) is 11.2. The molecule has 7 heteroatoms. The van der Waals surface area contributed by atoms with Gasteiger partial charge in [0.15, 0.2) is 0 Å². The van der Waals surface area contributed by atoms with Crippen LogP contribution in [0.25, 0.3) is 0 Å². The van der Waals surface area contributed by atoms with E-state index in [9.17, 15) is 18.0 Å². The Morgan fingerprint density at radius 3 is 2.64 bits per heavy atom. The Morgan fingerprint density at radius 1 is 1.27 bits per heavy atom. The highest BCUT2D eigenvalue weighted by molar-refractivity contribution is 5.98. The molecule has 1 N–H and O–H groups in total. The van der Waals surface area contributed by atoms with Gasteiger partial charge in [-0.15, -0.1) is 0 Å². The summed E-state index contributed by atoms with van der Waals surface area (Å²) in [5, 5.41) is 2.54. The molecule has 0 saturated heterocycles. The van der Waals surface area contributed by atoms with Gasteiger partial charge in [-0.05, 0) is 24.3 Å². The van der Waals surface area contributed by atoms with Crippen LogP contribution >= 0.6 is 0 Å². The van der Waals surface area contributed by atoms with Gasteiger partial charge in [-0.25, -0.2) is 4.98 Å². The molecule has 0 radical (unpaired) electrons. The zero-order chi connectivity index (χ0) is 16.2. The average Bonchev–Trinajstić information content (AvgIpc) is 2.47. The van der Waals surface area contributed by atoms with Crippen molar-refractivity contribution in [3.8, 4) is 11.6 Å². The zero-order valence-electron chi connectivity index (χ0n) is 11.2. The number of rotatable bonds is 4. The minimum absolute atomic E-state index is 0.0141. The van der Waals surface area contributed by atoms with E-state index in [1.165, 1.54) is 6.07 Å². The Labute approximate surface area is 124 Å². The Hall–Kier alpha value is -2.83. The van der Waals surface area contributed by atoms with E-state index >= 15 is 0 Å². The number of pyridine rings is 1. The summed E-state index contributed by atoms with van der Waals surface area (Å²) >= 11 is 0. The molecular formula is C15H11F3N2O2. The van der Waals surface area contributed by atoms with Crippen molar-refractivity contribution in [2.24, 2.45) is 0 Å². The fourth-order valence-electron chi connectivity index (χ4n) is 1.56. The number of alkyl halides is 3. The predicted octanol–water partition coefficient (Wildman–Crippen LogP) is 4.02. The molecule has 0 unspecified atom stereocenters. The maximum absolute atomic E-state index is 12.4. The summed E-state index contributed by atoms with van der Waals surface area (Å²) in [6.45, 7) is 3.33. The molecule has 4 nitrogen and oxygen atoms in total. The summed E-state index contributed by atoms with van der Waals surface area (Å²) in [7, 11) is 0. The number of benzene rings is 1. The molecule has 0 spiro atoms. The number of hydrogen-bond acceptors (Lipinski definition) is 3. The summed E-state index contributed by atoms with van der Waals surface area (Å²) in [6, 6.07) is 8.36. The number of ether oxygens (including phenoxy) is 1. The third kappa shape index (κ3) is 4.08. The van der Waals surface area contributed by atoms with Crippen molar-refractivity contribution in [3.63, 3.8) is 0 Å². The highest BCUT2D eigenvalue weighted by Crippen LogP contribution is 2.30. The smallest absolute Gasteiger partial charge is 0.417 e. The minimum Gasteiger partial charge on any atom is -0.439 e. The highest BCUT2D eigenvalue weighted by Gasteiger charge is 2.30. The number of carbonyl (C=O) groups excluding carboxylic acids is 1. The lowest BCUT2D eigenvalue weighted by Gasteiger charge is -2.09. The van der Waals surface area contributed by atoms with Crippen LogP contribution in [0.15, 0.2) is 55.3 Å². The van der Waals surface area contributed by atoms with Crippen LogP contribution in [0.4, 0.5) is 18.9 Å². The van der Waals surface area contributed by atoms with E-state index in [0.717, 1.165) is 18.2 Å². The van der Waals surface area contributed by atoms with Crippen molar-refractivity contribution in [1.29, 1.82) is 0 Å². The van der Waals surface area contributed by atoms with Crippen molar-refractivity contribution in [3.05, 3.63) is 60.8 Å². The Kier molecular flexibility index (Phi) is 4.45. The number of amides is 1. The average molecular weight is 308 g/mol. The Morgan fingerprint density at radius 2 is 2.05 bits per heavy atom. The third-order valence-electron chi connectivity index (χ3n) is 2.57. The van der Waals surface area contributed by atoms with Crippen LogP contribution in [0.1, 0.15) is 5.56 Å². The topological polar surface area (TPSA) is 51.2 Å². The molecule has 114 valence electrons. The fraction of sp³-hybridized carbons (Fsp3) is 0.0667. The van der Waals surface area contributed by atoms with Crippen LogP contribution in [0, 0.1) is 0 Å². The molecule has 1 aromatic heterocycles. The standard InChI is InChI=1S/C15H11F3N2O2/c1-2-13(21)20-11-4-3-5-12(8-11)22-14-7-6-10(9-19-14)15(16,17)18/h2-9H,1H2,(H,20,21). The van der Waals surface area contributed by atoms with Crippen LogP contribution in [-0.2, 0) is 11.0 Å². The lowest BCUT2D eigenvalue weighted by Crippen LogP contribution is -2.07. The normalized spacial score (nSPS) is 10.9. The summed E-state index contributed by atoms with van der Waals surface area (Å²) in [5.41, 5.74) is -0.388. The van der Waals surface area contributed by atoms with Gasteiger partial charge in [-0.1, -0.05) is 12.6 Å². The molecule has 0 atom stereocenters. The first-order valence-corrected chi connectivity index (χ1v) is 6.13. The first-order chi connectivity index (χ1) is 10.4. The van der Waals surface area contributed by atoms with Gasteiger partial charge in [-0.3, -0.25) is 4.79 Å². The van der Waals surface area contributed by atoms with E-state index in [1.54, 1.807) is 18.2 Å². The van der Waals surface area contributed by atoms with Gasteiger partial charge in [0.2, 0.25) is 11.8 Å². The fourth-order valence-corrected chi connectivity index (χ4v) is 1.56. The molecule has 0 saturated carbocycles. The molecule has 0 bridgehead atoms. The molecule has 0 aliphatic carbocycles. The van der Waals surface area contributed by atoms with Crippen molar-refractivity contribution in [2.45, 2.75) is 6.18 Å². The number of anilines is 1. The number of carbonyl (C=O) groups is 1. The largest absolute Gasteiger partial charge is 0.439 e. The van der Waals surface area contributed by atoms with Crippen molar-refractivity contribution in [1.82, 2.24) is 4.98 Å². The van der Waals surface area contributed by atoms with Gasteiger partial charge in [0, 0.05) is 24.0 Å². The summed E-state index contributed by atoms with van der Waals surface area (Å²) in [4.78, 5) is 14.8. The maximum Gasteiger partial charge on any atom is 0.417 e. The second-order valence-electron chi connectivity index (χ2n) is 4.21. The van der Waals surface area contributed by atoms with Crippen LogP contribution < -0.4 is 10.1 Å². The number of aromatic nitrogens is 1. The van der Waals surface area contributed by atoms with Gasteiger partial charge in [-0.2, -0.15) is 13.2 Å². The number of nitrogens with zero attached hydrogens (tertiary/aromatic N) is 1. The van der Waals surface area contributed by atoms with Gasteiger partial charge in [0.25, 0.3) is 0 Å². The number of nitrogens with one attached hydrogen (secondary N) is 1. The van der Waals surface area contributed by atoms with E-state index in [0.29, 0.717) is 17.6 Å². The second-order valence-corrected chi connectivity index (χ2v) is 4.21. The van der Waals surface area contributed by atoms with Gasteiger partial charge < -0.3 is 10.1 Å². The highest BCUT2D eigenvalue weighted by atomic mass is 19.4. The monoisotopic (exact) mass is 308 g/mol.